The Morgan fingerprint density at radius 3 is 1.61 bits per heavy atom. The van der Waals surface area contributed by atoms with E-state index >= 15 is 0 Å². The van der Waals surface area contributed by atoms with Crippen LogP contribution in [0.15, 0.2) is 0 Å². The second kappa shape index (κ2) is 7.09. The molecule has 0 aromatic rings. The molecular formula is C13H29F3N2O2Si3. The van der Waals surface area contributed by atoms with Gasteiger partial charge in [-0.15, -0.1) is 0 Å². The monoisotopic (exact) mass is 386 g/mol. The van der Waals surface area contributed by atoms with E-state index in [1.165, 1.54) is 0 Å². The minimum absolute atomic E-state index is 0.00478. The lowest BCUT2D eigenvalue weighted by Crippen LogP contribution is -2.62. The molecule has 0 bridgehead atoms. The molecule has 0 unspecified atom stereocenters. The fraction of sp³-hybridized carbons (Fsp3) is 0.846. The van der Waals surface area contributed by atoms with Gasteiger partial charge in [0.05, 0.1) is 0 Å². The van der Waals surface area contributed by atoms with Gasteiger partial charge in [0.2, 0.25) is 5.91 Å². The van der Waals surface area contributed by atoms with Crippen molar-refractivity contribution in [3.8, 4) is 0 Å². The summed E-state index contributed by atoms with van der Waals surface area (Å²) in [4.78, 5) is 25.8. The number of halogens is 3. The molecule has 1 N–H and O–H groups in total. The summed E-state index contributed by atoms with van der Waals surface area (Å²) >= 11 is 0. The Labute approximate surface area is 140 Å². The molecule has 0 aromatic heterocycles. The van der Waals surface area contributed by atoms with Gasteiger partial charge < -0.3 is 9.21 Å². The predicted molar refractivity (Wildman–Crippen MR) is 94.6 cm³/mol. The van der Waals surface area contributed by atoms with Crippen molar-refractivity contribution in [2.45, 2.75) is 71.0 Å². The summed E-state index contributed by atoms with van der Waals surface area (Å²) in [5, 5.41) is 0. The Hall–Kier alpha value is -0.619. The highest BCUT2D eigenvalue weighted by molar-refractivity contribution is 6.92. The van der Waals surface area contributed by atoms with Gasteiger partial charge in [-0.2, -0.15) is 13.2 Å². The Morgan fingerprint density at radius 1 is 0.913 bits per heavy atom. The predicted octanol–water partition coefficient (Wildman–Crippen LogP) is 3.76. The van der Waals surface area contributed by atoms with Crippen molar-refractivity contribution in [3.63, 3.8) is 0 Å². The molecule has 0 fully saturated rings. The van der Waals surface area contributed by atoms with Crippen LogP contribution in [0.4, 0.5) is 13.2 Å². The largest absolute Gasteiger partial charge is 0.470 e. The lowest BCUT2D eigenvalue weighted by atomic mass is 10.5. The molecule has 0 aliphatic carbocycles. The molecule has 0 aromatic carbocycles. The zero-order valence-corrected chi connectivity index (χ0v) is 18.3. The lowest BCUT2D eigenvalue weighted by molar-refractivity contribution is -0.171. The summed E-state index contributed by atoms with van der Waals surface area (Å²) in [6, 6.07) is 0.305. The molecule has 136 valence electrons. The van der Waals surface area contributed by atoms with E-state index in [4.69, 9.17) is 0 Å². The standard InChI is InChI=1S/C13H29F3N2O2Si3/c1-21(2,3)18(22(4,5)6)11(19)9-10-23(7,8)17-12(20)13(14,15)16/h9-10H2,1-8H3,(H,17,20). The van der Waals surface area contributed by atoms with Crippen molar-refractivity contribution < 1.29 is 22.8 Å². The van der Waals surface area contributed by atoms with Crippen molar-refractivity contribution in [3.05, 3.63) is 0 Å². The molecule has 2 amide bonds. The quantitative estimate of drug-likeness (QED) is 0.707. The van der Waals surface area contributed by atoms with E-state index in [2.05, 4.69) is 44.3 Å². The van der Waals surface area contributed by atoms with E-state index in [0.29, 0.717) is 6.04 Å². The number of alkyl halides is 3. The van der Waals surface area contributed by atoms with Gasteiger partial charge in [-0.3, -0.25) is 9.59 Å². The SMILES string of the molecule is C[Si](C)(CCC(=O)N([Si](C)(C)C)[Si](C)(C)C)NC(=O)C(F)(F)F. The number of amides is 2. The maximum atomic E-state index is 12.6. The van der Waals surface area contributed by atoms with Crippen LogP contribution >= 0.6 is 0 Å². The van der Waals surface area contributed by atoms with E-state index in [-0.39, 0.29) is 12.3 Å². The topological polar surface area (TPSA) is 49.4 Å². The zero-order chi connectivity index (χ0) is 18.9. The van der Waals surface area contributed by atoms with Crippen molar-refractivity contribution in [1.82, 2.24) is 9.21 Å². The Bertz CT molecular complexity index is 441. The minimum Gasteiger partial charge on any atom is -0.396 e. The van der Waals surface area contributed by atoms with Crippen LogP contribution in [0.5, 0.6) is 0 Å². The summed E-state index contributed by atoms with van der Waals surface area (Å²) < 4.78 is 39.1. The highest BCUT2D eigenvalue weighted by atomic mass is 28.4. The molecule has 10 heteroatoms. The van der Waals surface area contributed by atoms with Crippen LogP contribution in [-0.4, -0.2) is 46.9 Å². The summed E-state index contributed by atoms with van der Waals surface area (Å²) in [5.41, 5.74) is 0. The van der Waals surface area contributed by atoms with Crippen molar-refractivity contribution in [2.75, 3.05) is 0 Å². The van der Waals surface area contributed by atoms with E-state index in [0.717, 1.165) is 0 Å². The molecule has 23 heavy (non-hydrogen) atoms. The first kappa shape index (κ1) is 22.4. The average Bonchev–Trinajstić information content (AvgIpc) is 2.20. The van der Waals surface area contributed by atoms with Crippen molar-refractivity contribution >= 4 is 36.5 Å². The fourth-order valence-electron chi connectivity index (χ4n) is 2.73. The van der Waals surface area contributed by atoms with Crippen LogP contribution in [0.25, 0.3) is 0 Å². The molecule has 0 saturated heterocycles. The first-order valence-electron chi connectivity index (χ1n) is 7.60. The van der Waals surface area contributed by atoms with Crippen LogP contribution in [0.3, 0.4) is 0 Å². The summed E-state index contributed by atoms with van der Waals surface area (Å²) in [6.07, 6.45) is -4.69. The first-order chi connectivity index (χ1) is 9.88. The lowest BCUT2D eigenvalue weighted by Gasteiger charge is -2.44. The molecule has 0 aliphatic rings. The fourth-order valence-corrected chi connectivity index (χ4v) is 14.2. The Balaban J connectivity index is 4.95. The third-order valence-corrected chi connectivity index (χ3v) is 12.9. The number of nitrogens with one attached hydrogen (secondary N) is 1. The van der Waals surface area contributed by atoms with E-state index in [1.807, 2.05) is 4.23 Å². The number of carbonyl (C=O) groups excluding carboxylic acids is 2. The van der Waals surface area contributed by atoms with Crippen LogP contribution in [0, 0.1) is 0 Å². The summed E-state index contributed by atoms with van der Waals surface area (Å²) in [7, 11) is -6.34. The maximum Gasteiger partial charge on any atom is 0.470 e. The molecule has 0 atom stereocenters. The number of rotatable bonds is 6. The smallest absolute Gasteiger partial charge is 0.396 e. The van der Waals surface area contributed by atoms with Gasteiger partial charge in [0.1, 0.15) is 16.5 Å². The molecule has 4 nitrogen and oxygen atoms in total. The van der Waals surface area contributed by atoms with Gasteiger partial charge in [0.15, 0.2) is 8.24 Å². The second-order valence-corrected chi connectivity index (χ2v) is 22.9. The number of carbonyl (C=O) groups is 2. The second-order valence-electron chi connectivity index (χ2n) is 8.41. The molecule has 0 radical (unpaired) electrons. The van der Waals surface area contributed by atoms with Crippen LogP contribution in [0.1, 0.15) is 6.42 Å². The van der Waals surface area contributed by atoms with Crippen LogP contribution in [0.2, 0.25) is 58.4 Å². The van der Waals surface area contributed by atoms with E-state index in [1.54, 1.807) is 13.1 Å². The molecular weight excluding hydrogens is 357 g/mol. The number of hydrogen-bond donors (Lipinski definition) is 1. The first-order valence-corrected chi connectivity index (χ1v) is 17.7. The average molecular weight is 387 g/mol. The molecule has 0 saturated carbocycles. The number of hydrogen-bond acceptors (Lipinski definition) is 2. The van der Waals surface area contributed by atoms with Crippen molar-refractivity contribution in [2.24, 2.45) is 0 Å². The van der Waals surface area contributed by atoms with Gasteiger partial charge >= 0.3 is 12.1 Å². The third-order valence-electron chi connectivity index (χ3n) is 3.26. The molecule has 0 spiro atoms. The highest BCUT2D eigenvalue weighted by Crippen LogP contribution is 2.23. The zero-order valence-electron chi connectivity index (χ0n) is 15.3. The van der Waals surface area contributed by atoms with E-state index < -0.39 is 36.8 Å². The summed E-state index contributed by atoms with van der Waals surface area (Å²) in [5.74, 6) is -1.90. The third kappa shape index (κ3) is 7.66. The van der Waals surface area contributed by atoms with Gasteiger partial charge in [0, 0.05) is 6.42 Å². The molecule has 0 aliphatic heterocycles. The molecule has 0 rings (SSSR count). The van der Waals surface area contributed by atoms with Gasteiger partial charge in [0.25, 0.3) is 0 Å². The maximum absolute atomic E-state index is 12.6. The van der Waals surface area contributed by atoms with Crippen molar-refractivity contribution in [1.29, 1.82) is 0 Å². The Kier molecular flexibility index (Phi) is 6.90. The van der Waals surface area contributed by atoms with Gasteiger partial charge in [-0.1, -0.05) is 52.4 Å². The van der Waals surface area contributed by atoms with Gasteiger partial charge in [-0.05, 0) is 6.04 Å². The van der Waals surface area contributed by atoms with Crippen LogP contribution in [-0.2, 0) is 9.59 Å². The number of nitrogens with zero attached hydrogens (tertiary/aromatic N) is 1. The molecule has 0 heterocycles. The Morgan fingerprint density at radius 2 is 1.30 bits per heavy atom. The summed E-state index contributed by atoms with van der Waals surface area (Å²) in [6.45, 7) is 15.8. The van der Waals surface area contributed by atoms with Crippen LogP contribution < -0.4 is 4.98 Å². The normalized spacial score (nSPS) is 13.7. The van der Waals surface area contributed by atoms with Gasteiger partial charge in [-0.25, -0.2) is 0 Å². The minimum atomic E-state index is -4.88. The highest BCUT2D eigenvalue weighted by Gasteiger charge is 2.42. The van der Waals surface area contributed by atoms with E-state index in [9.17, 15) is 22.8 Å².